The Labute approximate surface area is 340 Å². The molecule has 4 aliphatic heterocycles. The van der Waals surface area contributed by atoms with Gasteiger partial charge in [0.05, 0.1) is 64.2 Å². The van der Waals surface area contributed by atoms with E-state index in [9.17, 15) is 75.7 Å². The molecule has 4 fully saturated rings. The number of carbonyl (C=O) groups is 3. The number of aliphatic hydroxyl groups is 9. The van der Waals surface area contributed by atoms with Gasteiger partial charge in [0.2, 0.25) is 0 Å². The van der Waals surface area contributed by atoms with Crippen molar-refractivity contribution in [1.82, 2.24) is 0 Å². The molecule has 0 saturated carbocycles. The van der Waals surface area contributed by atoms with Gasteiger partial charge in [0, 0.05) is 14.2 Å². The minimum Gasteiger partial charge on any atom is -0.548 e. The fraction of sp³-hybridized carbons (Fsp3) is 0.909. The molecule has 60 heavy (non-hydrogen) atoms. The highest BCUT2D eigenvalue weighted by Gasteiger charge is 2.60. The van der Waals surface area contributed by atoms with E-state index in [1.165, 1.54) is 0 Å². The first-order valence-electron chi connectivity index (χ1n) is 18.3. The molecule has 0 aromatic carbocycles. The van der Waals surface area contributed by atoms with Gasteiger partial charge in [-0.3, -0.25) is 0 Å². The first-order chi connectivity index (χ1) is 28.3. The third-order valence-electron chi connectivity index (χ3n) is 10.2. The summed E-state index contributed by atoms with van der Waals surface area (Å²) in [6.45, 7) is -5.15. The summed E-state index contributed by atoms with van der Waals surface area (Å²) in [4.78, 5) is 33.3. The molecule has 0 bridgehead atoms. The van der Waals surface area contributed by atoms with Crippen molar-refractivity contribution in [2.45, 2.75) is 129 Å². The number of rotatable bonds is 21. The second-order valence-corrected chi connectivity index (χ2v) is 14.2. The van der Waals surface area contributed by atoms with Crippen molar-refractivity contribution in [1.29, 1.82) is 0 Å². The highest BCUT2D eigenvalue weighted by molar-refractivity contribution is 5.66. The van der Waals surface area contributed by atoms with Crippen LogP contribution in [-0.2, 0) is 71.2 Å². The Balaban J connectivity index is 1.55. The molecular formula is C33H51O27-3. The van der Waals surface area contributed by atoms with E-state index >= 15 is 0 Å². The van der Waals surface area contributed by atoms with E-state index in [1.54, 1.807) is 0 Å². The summed E-state index contributed by atoms with van der Waals surface area (Å²) in [6, 6.07) is 0. The van der Waals surface area contributed by atoms with Gasteiger partial charge in [0.25, 0.3) is 0 Å². The highest BCUT2D eigenvalue weighted by Crippen LogP contribution is 2.40. The number of carbonyl (C=O) groups excluding carboxylic acids is 3. The second-order valence-electron chi connectivity index (χ2n) is 14.2. The summed E-state index contributed by atoms with van der Waals surface area (Å²) in [5.41, 5.74) is -2.40. The van der Waals surface area contributed by atoms with Crippen molar-refractivity contribution in [3.8, 4) is 0 Å². The Morgan fingerprint density at radius 3 is 1.43 bits per heavy atom. The Morgan fingerprint density at radius 2 is 0.950 bits per heavy atom. The Hall–Kier alpha value is -2.43. The zero-order valence-corrected chi connectivity index (χ0v) is 32.3. The molecule has 348 valence electrons. The molecule has 0 spiro atoms. The average molecular weight is 880 g/mol. The Morgan fingerprint density at radius 1 is 0.533 bits per heavy atom. The molecule has 4 rings (SSSR count). The van der Waals surface area contributed by atoms with Gasteiger partial charge >= 0.3 is 0 Å². The third kappa shape index (κ3) is 11.6. The van der Waals surface area contributed by atoms with Crippen molar-refractivity contribution in [3.63, 3.8) is 0 Å². The number of carboxylic acid groups (broad SMARTS) is 3. The minimum atomic E-state index is -2.40. The molecule has 9 N–H and O–H groups in total. The standard InChI is InChI=1S/C33H54O27/c1-33(53-10-17(40)41)28(48)27(12(5-35)57-32(33)60-26-14(7-52-9-16(38)39)55-29(50-3)21(45)19(26)43)59-30-23(47)20(44)25(11(4-34)54-30)58-31-22(46)18(42)24(49-2)13(56-31)6-51-8-15(36)37/h11-14,18-32,34-35,42-48H,4-10H2,1-3H3,(H,36,37)(H,38,39)(H,40,41)/p-3/t11-,12?,13?,14-,18+,19?,20?,21?,22?,23?,24+,25+,26+,27+,28-,29+,30-,31-,32-,33?/m0/s1. The molecule has 27 heteroatoms. The lowest BCUT2D eigenvalue weighted by Gasteiger charge is -2.53. The van der Waals surface area contributed by atoms with Gasteiger partial charge in [0.1, 0.15) is 97.2 Å². The predicted molar refractivity (Wildman–Crippen MR) is 174 cm³/mol. The van der Waals surface area contributed by atoms with E-state index in [-0.39, 0.29) is 0 Å². The average Bonchev–Trinajstić information content (AvgIpc) is 3.20. The maximum Gasteiger partial charge on any atom is 0.190 e. The summed E-state index contributed by atoms with van der Waals surface area (Å²) in [6.07, 6.45) is -33.8. The normalized spacial score (nSPS) is 43.7. The van der Waals surface area contributed by atoms with Crippen molar-refractivity contribution in [2.75, 3.05) is 60.5 Å². The molecule has 4 aliphatic rings. The van der Waals surface area contributed by atoms with Gasteiger partial charge in [-0.1, -0.05) is 0 Å². The van der Waals surface area contributed by atoms with Gasteiger partial charge in [-0.15, -0.1) is 0 Å². The van der Waals surface area contributed by atoms with Crippen molar-refractivity contribution >= 4 is 17.9 Å². The zero-order valence-electron chi connectivity index (χ0n) is 32.3. The molecule has 0 aliphatic carbocycles. The fourth-order valence-corrected chi connectivity index (χ4v) is 7.03. The molecule has 4 heterocycles. The summed E-state index contributed by atoms with van der Waals surface area (Å²) < 4.78 is 65.7. The van der Waals surface area contributed by atoms with E-state index in [0.29, 0.717) is 0 Å². The van der Waals surface area contributed by atoms with E-state index in [2.05, 4.69) is 0 Å². The number of hydrogen-bond acceptors (Lipinski definition) is 27. The van der Waals surface area contributed by atoms with Crippen LogP contribution in [0.15, 0.2) is 0 Å². The lowest BCUT2D eigenvalue weighted by Crippen LogP contribution is -2.71. The van der Waals surface area contributed by atoms with Gasteiger partial charge in [-0.25, -0.2) is 0 Å². The van der Waals surface area contributed by atoms with Crippen LogP contribution < -0.4 is 15.3 Å². The predicted octanol–water partition coefficient (Wildman–Crippen LogP) is -11.7. The highest BCUT2D eigenvalue weighted by atomic mass is 16.8. The third-order valence-corrected chi connectivity index (χ3v) is 10.2. The summed E-state index contributed by atoms with van der Waals surface area (Å²) in [7, 11) is 2.28. The Kier molecular flexibility index (Phi) is 18.6. The molecule has 8 unspecified atom stereocenters. The van der Waals surface area contributed by atoms with Crippen LogP contribution in [0.3, 0.4) is 0 Å². The largest absolute Gasteiger partial charge is 0.548 e. The number of aliphatic carboxylic acids is 3. The van der Waals surface area contributed by atoms with Crippen LogP contribution in [0.1, 0.15) is 6.92 Å². The van der Waals surface area contributed by atoms with Crippen molar-refractivity contribution in [2.24, 2.45) is 0 Å². The topological polar surface area (TPSA) is 413 Å². The van der Waals surface area contributed by atoms with Crippen LogP contribution >= 0.6 is 0 Å². The summed E-state index contributed by atoms with van der Waals surface area (Å²) in [5.74, 6) is -5.00. The van der Waals surface area contributed by atoms with Gasteiger partial charge in [-0.05, 0) is 6.92 Å². The van der Waals surface area contributed by atoms with Crippen molar-refractivity contribution < 1.29 is 133 Å². The second kappa shape index (κ2) is 22.3. The van der Waals surface area contributed by atoms with E-state index in [1.807, 2.05) is 0 Å². The van der Waals surface area contributed by atoms with Crippen LogP contribution in [0.25, 0.3) is 0 Å². The maximum atomic E-state index is 11.8. The van der Waals surface area contributed by atoms with E-state index < -0.39 is 186 Å². The molecule has 27 nitrogen and oxygen atoms in total. The number of aliphatic hydroxyl groups excluding tert-OH is 9. The van der Waals surface area contributed by atoms with Crippen LogP contribution in [0.2, 0.25) is 0 Å². The molecule has 0 radical (unpaired) electrons. The van der Waals surface area contributed by atoms with Crippen LogP contribution in [0.5, 0.6) is 0 Å². The van der Waals surface area contributed by atoms with E-state index in [4.69, 9.17) is 56.8 Å². The lowest BCUT2D eigenvalue weighted by atomic mass is 9.87. The number of methoxy groups -OCH3 is 2. The number of carboxylic acids is 3. The molecule has 0 aromatic rings. The zero-order chi connectivity index (χ0) is 44.6. The van der Waals surface area contributed by atoms with Gasteiger partial charge in [-0.2, -0.15) is 0 Å². The number of ether oxygens (including phenoxy) is 12. The molecule has 0 aromatic heterocycles. The quantitative estimate of drug-likeness (QED) is 0.0517. The number of hydrogen-bond donors (Lipinski definition) is 9. The maximum absolute atomic E-state index is 11.8. The SMILES string of the molecule is CO[C@@H]1O[C@@H](COCC(=O)[O-])[C@@H](O[C@@H]2OC(CO)[C@@H](O[C@@H]3O[C@@H](CO)[C@@H](O[C@@H]4OC(COCC(=O)[O-])[C@@H](OC)[C@H](O)C4O)C(O)C3O)[C@H](O)C2(C)OCC(=O)[O-])C(O)C1O. The molecular weight excluding hydrogens is 828 g/mol. The summed E-state index contributed by atoms with van der Waals surface area (Å²) >= 11 is 0. The van der Waals surface area contributed by atoms with Crippen LogP contribution in [-0.4, -0.2) is 247 Å². The fourth-order valence-electron chi connectivity index (χ4n) is 7.03. The lowest BCUT2D eigenvalue weighted by molar-refractivity contribution is -0.407. The first-order valence-corrected chi connectivity index (χ1v) is 18.3. The smallest absolute Gasteiger partial charge is 0.190 e. The van der Waals surface area contributed by atoms with Crippen LogP contribution in [0, 0.1) is 0 Å². The van der Waals surface area contributed by atoms with Crippen molar-refractivity contribution in [3.05, 3.63) is 0 Å². The molecule has 0 amide bonds. The van der Waals surface area contributed by atoms with E-state index in [0.717, 1.165) is 21.1 Å². The first kappa shape index (κ1) is 50.2. The van der Waals surface area contributed by atoms with Gasteiger partial charge < -0.3 is 133 Å². The Bertz CT molecular complexity index is 1370. The van der Waals surface area contributed by atoms with Gasteiger partial charge in [0.15, 0.2) is 25.2 Å². The molecule has 20 atom stereocenters. The van der Waals surface area contributed by atoms with Crippen LogP contribution in [0.4, 0.5) is 0 Å². The summed E-state index contributed by atoms with van der Waals surface area (Å²) in [5, 5.41) is 131. The molecule has 4 saturated heterocycles. The minimum absolute atomic E-state index is 0.512. The monoisotopic (exact) mass is 879 g/mol.